The van der Waals surface area contributed by atoms with Crippen molar-refractivity contribution in [2.24, 2.45) is 5.92 Å². The molecule has 5 rings (SSSR count). The zero-order valence-electron chi connectivity index (χ0n) is 16.2. The van der Waals surface area contributed by atoms with Gasteiger partial charge in [-0.3, -0.25) is 4.79 Å². The summed E-state index contributed by atoms with van der Waals surface area (Å²) in [5.74, 6) is 1.58. The SMILES string of the molecule is O=c1[nH]c(C[NH+]2CCC(Cc3ccccc3)CC2)nc2scc(-c3cccs3)c12. The Morgan fingerprint density at radius 1 is 1.07 bits per heavy atom. The van der Waals surface area contributed by atoms with E-state index < -0.39 is 0 Å². The van der Waals surface area contributed by atoms with Gasteiger partial charge in [0.15, 0.2) is 5.82 Å². The number of aromatic nitrogens is 2. The van der Waals surface area contributed by atoms with Crippen molar-refractivity contribution in [3.05, 3.63) is 75.0 Å². The molecule has 0 aliphatic carbocycles. The van der Waals surface area contributed by atoms with E-state index in [1.165, 1.54) is 29.7 Å². The second-order valence-electron chi connectivity index (χ2n) is 7.88. The van der Waals surface area contributed by atoms with Crippen LogP contribution in [0.4, 0.5) is 0 Å². The highest BCUT2D eigenvalue weighted by molar-refractivity contribution is 7.18. The highest BCUT2D eigenvalue weighted by Gasteiger charge is 2.23. The lowest BCUT2D eigenvalue weighted by Gasteiger charge is -2.29. The predicted octanol–water partition coefficient (Wildman–Crippen LogP) is 3.75. The molecule has 1 saturated heterocycles. The van der Waals surface area contributed by atoms with Crippen molar-refractivity contribution in [1.82, 2.24) is 9.97 Å². The number of hydrogen-bond acceptors (Lipinski definition) is 4. The first-order chi connectivity index (χ1) is 14.3. The maximum Gasteiger partial charge on any atom is 0.260 e. The molecule has 0 unspecified atom stereocenters. The molecule has 3 aromatic heterocycles. The van der Waals surface area contributed by atoms with Gasteiger partial charge in [0.05, 0.1) is 18.5 Å². The number of fused-ring (bicyclic) bond motifs is 1. The van der Waals surface area contributed by atoms with Crippen LogP contribution < -0.4 is 10.5 Å². The number of hydrogen-bond donors (Lipinski definition) is 2. The van der Waals surface area contributed by atoms with Crippen LogP contribution in [0, 0.1) is 5.92 Å². The fourth-order valence-electron chi connectivity index (χ4n) is 4.34. The van der Waals surface area contributed by atoms with Gasteiger partial charge in [0, 0.05) is 15.8 Å². The molecule has 1 aliphatic rings. The molecule has 1 aromatic carbocycles. The molecular weight excluding hydrogens is 398 g/mol. The molecule has 4 heterocycles. The minimum absolute atomic E-state index is 0.00647. The molecule has 0 radical (unpaired) electrons. The summed E-state index contributed by atoms with van der Waals surface area (Å²) < 4.78 is 0. The largest absolute Gasteiger partial charge is 0.329 e. The third kappa shape index (κ3) is 4.06. The van der Waals surface area contributed by atoms with Gasteiger partial charge in [0.25, 0.3) is 5.56 Å². The van der Waals surface area contributed by atoms with Crippen molar-refractivity contribution in [3.63, 3.8) is 0 Å². The first-order valence-electron chi connectivity index (χ1n) is 10.2. The van der Waals surface area contributed by atoms with Gasteiger partial charge in [-0.05, 0) is 42.2 Å². The normalized spacial score (nSPS) is 19.6. The monoisotopic (exact) mass is 422 g/mol. The van der Waals surface area contributed by atoms with Gasteiger partial charge in [0.2, 0.25) is 0 Å². The van der Waals surface area contributed by atoms with E-state index in [0.29, 0.717) is 0 Å². The van der Waals surface area contributed by atoms with Crippen LogP contribution in [-0.4, -0.2) is 23.1 Å². The number of nitrogens with one attached hydrogen (secondary N) is 2. The van der Waals surface area contributed by atoms with E-state index in [4.69, 9.17) is 4.98 Å². The highest BCUT2D eigenvalue weighted by atomic mass is 32.1. The Hall–Kier alpha value is -2.28. The fourth-order valence-corrected chi connectivity index (χ4v) is 6.12. The fraction of sp³-hybridized carbons (Fsp3) is 0.304. The first kappa shape index (κ1) is 18.7. The summed E-state index contributed by atoms with van der Waals surface area (Å²) in [6.45, 7) is 3.09. The zero-order valence-corrected chi connectivity index (χ0v) is 17.8. The Kier molecular flexibility index (Phi) is 5.31. The third-order valence-electron chi connectivity index (χ3n) is 5.88. The lowest BCUT2D eigenvalue weighted by Crippen LogP contribution is -3.11. The Bertz CT molecular complexity index is 1140. The number of aromatic amines is 1. The average molecular weight is 423 g/mol. The minimum atomic E-state index is -0.00647. The maximum absolute atomic E-state index is 12.8. The molecule has 4 aromatic rings. The van der Waals surface area contributed by atoms with Crippen LogP contribution in [0.3, 0.4) is 0 Å². The van der Waals surface area contributed by atoms with Crippen molar-refractivity contribution >= 4 is 32.9 Å². The van der Waals surface area contributed by atoms with Crippen molar-refractivity contribution < 1.29 is 4.90 Å². The van der Waals surface area contributed by atoms with Crippen LogP contribution in [0.1, 0.15) is 24.2 Å². The number of nitrogens with zero attached hydrogens (tertiary/aromatic N) is 1. The Morgan fingerprint density at radius 3 is 2.66 bits per heavy atom. The molecule has 2 N–H and O–H groups in total. The summed E-state index contributed by atoms with van der Waals surface area (Å²) in [4.78, 5) is 24.1. The van der Waals surface area contributed by atoms with E-state index in [-0.39, 0.29) is 5.56 Å². The Morgan fingerprint density at radius 2 is 1.90 bits per heavy atom. The van der Waals surface area contributed by atoms with Crippen molar-refractivity contribution in [2.75, 3.05) is 13.1 Å². The number of thiophene rings is 2. The minimum Gasteiger partial charge on any atom is -0.329 e. The van der Waals surface area contributed by atoms with Crippen LogP contribution in [0.5, 0.6) is 0 Å². The summed E-state index contributed by atoms with van der Waals surface area (Å²) in [5, 5.41) is 4.84. The Balaban J connectivity index is 1.26. The van der Waals surface area contributed by atoms with E-state index in [1.807, 2.05) is 11.4 Å². The molecule has 0 spiro atoms. The summed E-state index contributed by atoms with van der Waals surface area (Å²) >= 11 is 3.23. The average Bonchev–Trinajstić information content (AvgIpc) is 3.40. The number of likely N-dealkylation sites (tertiary alicyclic amines) is 1. The second-order valence-corrected chi connectivity index (χ2v) is 9.69. The number of piperidine rings is 1. The smallest absolute Gasteiger partial charge is 0.260 e. The van der Waals surface area contributed by atoms with Gasteiger partial charge >= 0.3 is 0 Å². The summed E-state index contributed by atoms with van der Waals surface area (Å²) in [7, 11) is 0. The predicted molar refractivity (Wildman–Crippen MR) is 121 cm³/mol. The lowest BCUT2D eigenvalue weighted by atomic mass is 9.90. The molecule has 6 heteroatoms. The standard InChI is InChI=1S/C23H23N3OS2/c27-22-21-18(19-7-4-12-28-19)15-29-23(21)25-20(24-22)14-26-10-8-17(9-11-26)13-16-5-2-1-3-6-16/h1-7,12,15,17H,8-11,13-14H2,(H,24,25,27)/p+1. The van der Waals surface area contributed by atoms with Crippen molar-refractivity contribution in [2.45, 2.75) is 25.8 Å². The topological polar surface area (TPSA) is 50.2 Å². The van der Waals surface area contributed by atoms with Gasteiger partial charge in [-0.2, -0.15) is 0 Å². The van der Waals surface area contributed by atoms with Crippen molar-refractivity contribution in [3.8, 4) is 10.4 Å². The number of H-pyrrole nitrogens is 1. The lowest BCUT2D eigenvalue weighted by molar-refractivity contribution is -0.920. The summed E-state index contributed by atoms with van der Waals surface area (Å²) in [5.41, 5.74) is 2.44. The molecule has 148 valence electrons. The quantitative estimate of drug-likeness (QED) is 0.515. The molecule has 1 aliphatic heterocycles. The van der Waals surface area contributed by atoms with Crippen molar-refractivity contribution in [1.29, 1.82) is 0 Å². The van der Waals surface area contributed by atoms with E-state index in [0.717, 1.165) is 52.0 Å². The summed E-state index contributed by atoms with van der Waals surface area (Å²) in [6.07, 6.45) is 3.65. The van der Waals surface area contributed by atoms with E-state index in [1.54, 1.807) is 22.7 Å². The Labute approximate surface area is 177 Å². The van der Waals surface area contributed by atoms with Crippen LogP contribution >= 0.6 is 22.7 Å². The first-order valence-corrected chi connectivity index (χ1v) is 11.9. The number of rotatable bonds is 5. The van der Waals surface area contributed by atoms with Crippen LogP contribution in [0.2, 0.25) is 0 Å². The van der Waals surface area contributed by atoms with Gasteiger partial charge in [-0.25, -0.2) is 4.98 Å². The van der Waals surface area contributed by atoms with E-state index in [2.05, 4.69) is 46.8 Å². The maximum atomic E-state index is 12.8. The molecule has 29 heavy (non-hydrogen) atoms. The zero-order chi connectivity index (χ0) is 19.6. The number of quaternary nitrogens is 1. The van der Waals surface area contributed by atoms with Gasteiger partial charge < -0.3 is 9.88 Å². The summed E-state index contributed by atoms with van der Waals surface area (Å²) in [6, 6.07) is 14.9. The molecule has 1 fully saturated rings. The van der Waals surface area contributed by atoms with Gasteiger partial charge in [-0.1, -0.05) is 36.4 Å². The second kappa shape index (κ2) is 8.22. The third-order valence-corrected chi connectivity index (χ3v) is 7.65. The highest BCUT2D eigenvalue weighted by Crippen LogP contribution is 2.33. The molecule has 4 nitrogen and oxygen atoms in total. The molecule has 0 atom stereocenters. The molecule has 0 amide bonds. The van der Waals surface area contributed by atoms with Gasteiger partial charge in [-0.15, -0.1) is 22.7 Å². The van der Waals surface area contributed by atoms with E-state index in [9.17, 15) is 4.79 Å². The van der Waals surface area contributed by atoms with Crippen LogP contribution in [0.15, 0.2) is 58.0 Å². The number of benzene rings is 1. The molecule has 0 saturated carbocycles. The van der Waals surface area contributed by atoms with Gasteiger partial charge in [0.1, 0.15) is 11.4 Å². The van der Waals surface area contributed by atoms with Crippen LogP contribution in [-0.2, 0) is 13.0 Å². The van der Waals surface area contributed by atoms with Crippen LogP contribution in [0.25, 0.3) is 20.7 Å². The molecule has 0 bridgehead atoms. The van der Waals surface area contributed by atoms with E-state index >= 15 is 0 Å². The molecular formula is C23H24N3OS2+.